The summed E-state index contributed by atoms with van der Waals surface area (Å²) in [5.74, 6) is 2.45. The predicted molar refractivity (Wildman–Crippen MR) is 75.0 cm³/mol. The number of ether oxygens (including phenoxy) is 1. The molecule has 0 amide bonds. The first kappa shape index (κ1) is 13.5. The Morgan fingerprint density at radius 2 is 2.16 bits per heavy atom. The lowest BCUT2D eigenvalue weighted by molar-refractivity contribution is 0.415. The lowest BCUT2D eigenvalue weighted by atomic mass is 10.2. The minimum absolute atomic E-state index is 0.715. The number of aromatic amines is 1. The van der Waals surface area contributed by atoms with E-state index in [1.165, 1.54) is 0 Å². The van der Waals surface area contributed by atoms with Gasteiger partial charge in [0.2, 0.25) is 0 Å². The van der Waals surface area contributed by atoms with Gasteiger partial charge in [0.1, 0.15) is 11.6 Å². The first-order valence-corrected chi connectivity index (χ1v) is 6.59. The second-order valence-electron chi connectivity index (χ2n) is 4.44. The van der Waals surface area contributed by atoms with Gasteiger partial charge < -0.3 is 10.5 Å². The van der Waals surface area contributed by atoms with Crippen LogP contribution < -0.4 is 10.5 Å². The van der Waals surface area contributed by atoms with Crippen molar-refractivity contribution in [1.82, 2.24) is 15.2 Å². The molecular formula is C14H20N4O. The van der Waals surface area contributed by atoms with Crippen LogP contribution in [-0.4, -0.2) is 28.8 Å². The molecule has 0 saturated carbocycles. The number of nitrogens with two attached hydrogens (primary N) is 1. The van der Waals surface area contributed by atoms with Crippen LogP contribution in [0.2, 0.25) is 0 Å². The molecule has 1 heterocycles. The third kappa shape index (κ3) is 3.79. The van der Waals surface area contributed by atoms with Crippen molar-refractivity contribution in [2.45, 2.75) is 25.7 Å². The Kier molecular flexibility index (Phi) is 4.92. The Labute approximate surface area is 113 Å². The van der Waals surface area contributed by atoms with Gasteiger partial charge in [-0.15, -0.1) is 0 Å². The number of hydrogen-bond acceptors (Lipinski definition) is 4. The second kappa shape index (κ2) is 6.89. The molecule has 0 fully saturated rings. The largest absolute Gasteiger partial charge is 0.497 e. The summed E-state index contributed by atoms with van der Waals surface area (Å²) >= 11 is 0. The summed E-state index contributed by atoms with van der Waals surface area (Å²) < 4.78 is 5.20. The normalized spacial score (nSPS) is 10.6. The van der Waals surface area contributed by atoms with Crippen molar-refractivity contribution in [3.63, 3.8) is 0 Å². The van der Waals surface area contributed by atoms with Gasteiger partial charge >= 0.3 is 0 Å². The third-order valence-corrected chi connectivity index (χ3v) is 2.98. The Hall–Kier alpha value is -1.88. The van der Waals surface area contributed by atoms with E-state index in [2.05, 4.69) is 15.2 Å². The van der Waals surface area contributed by atoms with Crippen molar-refractivity contribution in [3.05, 3.63) is 30.1 Å². The molecule has 5 nitrogen and oxygen atoms in total. The molecule has 2 aromatic rings. The maximum absolute atomic E-state index is 5.47. The molecule has 19 heavy (non-hydrogen) atoms. The van der Waals surface area contributed by atoms with Crippen molar-refractivity contribution in [1.29, 1.82) is 0 Å². The summed E-state index contributed by atoms with van der Waals surface area (Å²) in [6.07, 6.45) is 4.20. The van der Waals surface area contributed by atoms with Crippen LogP contribution in [0.1, 0.15) is 25.1 Å². The highest BCUT2D eigenvalue weighted by Gasteiger charge is 2.06. The van der Waals surface area contributed by atoms with Crippen molar-refractivity contribution >= 4 is 0 Å². The molecule has 102 valence electrons. The van der Waals surface area contributed by atoms with Crippen LogP contribution in [-0.2, 0) is 6.42 Å². The molecule has 0 aliphatic carbocycles. The van der Waals surface area contributed by atoms with Crippen LogP contribution >= 0.6 is 0 Å². The van der Waals surface area contributed by atoms with Crippen LogP contribution in [0.25, 0.3) is 11.4 Å². The fourth-order valence-corrected chi connectivity index (χ4v) is 1.91. The van der Waals surface area contributed by atoms with E-state index >= 15 is 0 Å². The van der Waals surface area contributed by atoms with E-state index in [1.54, 1.807) is 7.11 Å². The molecule has 5 heteroatoms. The summed E-state index contributed by atoms with van der Waals surface area (Å²) in [7, 11) is 1.65. The van der Waals surface area contributed by atoms with E-state index in [4.69, 9.17) is 10.5 Å². The first-order valence-electron chi connectivity index (χ1n) is 6.59. The van der Waals surface area contributed by atoms with Gasteiger partial charge in [0.15, 0.2) is 5.82 Å². The maximum atomic E-state index is 5.47. The number of nitrogens with zero attached hydrogens (tertiary/aromatic N) is 2. The second-order valence-corrected chi connectivity index (χ2v) is 4.44. The maximum Gasteiger partial charge on any atom is 0.181 e. The molecule has 0 saturated heterocycles. The van der Waals surface area contributed by atoms with E-state index < -0.39 is 0 Å². The molecule has 0 radical (unpaired) electrons. The highest BCUT2D eigenvalue weighted by molar-refractivity contribution is 5.57. The van der Waals surface area contributed by atoms with E-state index in [9.17, 15) is 0 Å². The highest BCUT2D eigenvalue weighted by atomic mass is 16.5. The van der Waals surface area contributed by atoms with Gasteiger partial charge in [-0.05, 0) is 31.5 Å². The van der Waals surface area contributed by atoms with E-state index in [-0.39, 0.29) is 0 Å². The van der Waals surface area contributed by atoms with Crippen molar-refractivity contribution in [2.24, 2.45) is 5.73 Å². The van der Waals surface area contributed by atoms with Gasteiger partial charge in [0.05, 0.1) is 7.11 Å². The number of methoxy groups -OCH3 is 1. The molecule has 0 unspecified atom stereocenters. The topological polar surface area (TPSA) is 76.8 Å². The van der Waals surface area contributed by atoms with Crippen molar-refractivity contribution in [3.8, 4) is 17.1 Å². The van der Waals surface area contributed by atoms with Crippen molar-refractivity contribution in [2.75, 3.05) is 13.7 Å². The van der Waals surface area contributed by atoms with Crippen LogP contribution in [0.15, 0.2) is 24.3 Å². The zero-order valence-electron chi connectivity index (χ0n) is 11.2. The Morgan fingerprint density at radius 3 is 2.95 bits per heavy atom. The average molecular weight is 260 g/mol. The Balaban J connectivity index is 1.99. The van der Waals surface area contributed by atoms with Gasteiger partial charge in [-0.1, -0.05) is 18.6 Å². The van der Waals surface area contributed by atoms with Gasteiger partial charge in [-0.3, -0.25) is 5.10 Å². The summed E-state index contributed by atoms with van der Waals surface area (Å²) in [5.41, 5.74) is 6.43. The predicted octanol–water partition coefficient (Wildman–Crippen LogP) is 2.15. The van der Waals surface area contributed by atoms with E-state index in [0.717, 1.165) is 49.4 Å². The summed E-state index contributed by atoms with van der Waals surface area (Å²) in [5, 5.41) is 7.23. The SMILES string of the molecule is COc1cccc(-c2n[nH]c(CCCCCN)n2)c1. The standard InChI is InChI=1S/C14H20N4O/c1-19-12-7-5-6-11(10-12)14-16-13(17-18-14)8-3-2-4-9-15/h5-7,10H,2-4,8-9,15H2,1H3,(H,16,17,18). The number of H-pyrrole nitrogens is 1. The van der Waals surface area contributed by atoms with Gasteiger partial charge in [0.25, 0.3) is 0 Å². The molecular weight excluding hydrogens is 240 g/mol. The lowest BCUT2D eigenvalue weighted by Crippen LogP contribution is -1.98. The molecule has 0 spiro atoms. The number of aryl methyl sites for hydroxylation is 1. The molecule has 0 aliphatic rings. The molecule has 0 bridgehead atoms. The Morgan fingerprint density at radius 1 is 1.26 bits per heavy atom. The molecule has 2 rings (SSSR count). The summed E-state index contributed by atoms with van der Waals surface area (Å²) in [6, 6.07) is 7.75. The van der Waals surface area contributed by atoms with Crippen LogP contribution in [0.5, 0.6) is 5.75 Å². The third-order valence-electron chi connectivity index (χ3n) is 2.98. The number of hydrogen-bond donors (Lipinski definition) is 2. The number of benzene rings is 1. The monoisotopic (exact) mass is 260 g/mol. The smallest absolute Gasteiger partial charge is 0.181 e. The Bertz CT molecular complexity index is 510. The van der Waals surface area contributed by atoms with Gasteiger partial charge in [0, 0.05) is 12.0 Å². The molecule has 0 aliphatic heterocycles. The molecule has 1 aromatic heterocycles. The average Bonchev–Trinajstić information content (AvgIpc) is 2.92. The first-order chi connectivity index (χ1) is 9.33. The number of aromatic nitrogens is 3. The van der Waals surface area contributed by atoms with E-state index in [0.29, 0.717) is 5.82 Å². The minimum Gasteiger partial charge on any atom is -0.497 e. The molecule has 3 N–H and O–H groups in total. The number of nitrogens with one attached hydrogen (secondary N) is 1. The molecule has 1 aromatic carbocycles. The number of rotatable bonds is 7. The van der Waals surface area contributed by atoms with Gasteiger partial charge in [-0.2, -0.15) is 5.10 Å². The summed E-state index contributed by atoms with van der Waals surface area (Å²) in [4.78, 5) is 4.50. The molecule has 0 atom stereocenters. The summed E-state index contributed by atoms with van der Waals surface area (Å²) in [6.45, 7) is 0.755. The fraction of sp³-hybridized carbons (Fsp3) is 0.429. The number of unbranched alkanes of at least 4 members (excludes halogenated alkanes) is 2. The minimum atomic E-state index is 0.715. The fourth-order valence-electron chi connectivity index (χ4n) is 1.91. The quantitative estimate of drug-likeness (QED) is 0.748. The highest BCUT2D eigenvalue weighted by Crippen LogP contribution is 2.20. The van der Waals surface area contributed by atoms with Gasteiger partial charge in [-0.25, -0.2) is 4.98 Å². The van der Waals surface area contributed by atoms with Crippen LogP contribution in [0, 0.1) is 0 Å². The van der Waals surface area contributed by atoms with Crippen molar-refractivity contribution < 1.29 is 4.74 Å². The van der Waals surface area contributed by atoms with Crippen LogP contribution in [0.3, 0.4) is 0 Å². The zero-order valence-corrected chi connectivity index (χ0v) is 11.2. The van der Waals surface area contributed by atoms with E-state index in [1.807, 2.05) is 24.3 Å². The lowest BCUT2D eigenvalue weighted by Gasteiger charge is -2.00. The zero-order chi connectivity index (χ0) is 13.5. The van der Waals surface area contributed by atoms with Crippen LogP contribution in [0.4, 0.5) is 0 Å².